The molecule has 0 saturated carbocycles. The molecule has 0 amide bonds. The first-order chi connectivity index (χ1) is 28.3. The number of pyridine rings is 1. The summed E-state index contributed by atoms with van der Waals surface area (Å²) in [6, 6.07) is 69.0. The number of aromatic nitrogens is 3. The molecule has 13 aromatic rings. The van der Waals surface area contributed by atoms with Gasteiger partial charge in [0.15, 0.2) is 0 Å². The van der Waals surface area contributed by atoms with Crippen molar-refractivity contribution in [2.75, 3.05) is 0 Å². The summed E-state index contributed by atoms with van der Waals surface area (Å²) >= 11 is 1.84. The van der Waals surface area contributed by atoms with Crippen LogP contribution in [0.4, 0.5) is 0 Å². The lowest BCUT2D eigenvalue weighted by Gasteiger charge is -2.13. The highest BCUT2D eigenvalue weighted by Crippen LogP contribution is 2.44. The van der Waals surface area contributed by atoms with Crippen molar-refractivity contribution in [3.8, 4) is 22.5 Å². The third-order valence-corrected chi connectivity index (χ3v) is 13.2. The summed E-state index contributed by atoms with van der Waals surface area (Å²) in [4.78, 5) is 5.24. The van der Waals surface area contributed by atoms with Gasteiger partial charge in [0.25, 0.3) is 0 Å². The van der Waals surface area contributed by atoms with Gasteiger partial charge >= 0.3 is 0 Å². The second-order valence-electron chi connectivity index (χ2n) is 15.1. The summed E-state index contributed by atoms with van der Waals surface area (Å²) in [7, 11) is 0. The molecule has 0 aliphatic heterocycles. The quantitative estimate of drug-likeness (QED) is 0.165. The Morgan fingerprint density at radius 3 is 1.70 bits per heavy atom. The van der Waals surface area contributed by atoms with E-state index >= 15 is 0 Å². The molecule has 0 saturated heterocycles. The number of para-hydroxylation sites is 3. The van der Waals surface area contributed by atoms with E-state index in [1.807, 2.05) is 11.3 Å². The van der Waals surface area contributed by atoms with Gasteiger partial charge in [-0.1, -0.05) is 127 Å². The van der Waals surface area contributed by atoms with Gasteiger partial charge in [-0.2, -0.15) is 0 Å². The molecule has 4 aromatic heterocycles. The molecule has 0 bridgehead atoms. The number of nitrogens with zero attached hydrogens (tertiary/aromatic N) is 3. The van der Waals surface area contributed by atoms with Crippen molar-refractivity contribution in [1.82, 2.24) is 14.1 Å². The maximum Gasteiger partial charge on any atom is 0.0917 e. The molecule has 264 valence electrons. The van der Waals surface area contributed by atoms with Crippen LogP contribution in [-0.2, 0) is 0 Å². The van der Waals surface area contributed by atoms with Gasteiger partial charge in [-0.05, 0) is 93.3 Å². The Balaban J connectivity index is 1.02. The van der Waals surface area contributed by atoms with Crippen LogP contribution in [0.25, 0.3) is 119 Å². The summed E-state index contributed by atoms with van der Waals surface area (Å²) in [6.07, 6.45) is 0. The number of fused-ring (bicyclic) bond motifs is 13. The zero-order valence-corrected chi connectivity index (χ0v) is 31.5. The van der Waals surface area contributed by atoms with Gasteiger partial charge in [0.1, 0.15) is 0 Å². The summed E-state index contributed by atoms with van der Waals surface area (Å²) in [5, 5.41) is 12.4. The third-order valence-electron chi connectivity index (χ3n) is 12.1. The number of hydrogen-bond donors (Lipinski definition) is 0. The number of rotatable bonds is 3. The largest absolute Gasteiger partial charge is 0.309 e. The molecule has 0 N–H and O–H groups in total. The van der Waals surface area contributed by atoms with E-state index in [0.29, 0.717) is 0 Å². The van der Waals surface area contributed by atoms with Crippen LogP contribution in [0.2, 0.25) is 0 Å². The van der Waals surface area contributed by atoms with Crippen LogP contribution in [0.3, 0.4) is 0 Å². The summed E-state index contributed by atoms with van der Waals surface area (Å²) in [6.45, 7) is 0. The lowest BCUT2D eigenvalue weighted by molar-refractivity contribution is 1.19. The number of hydrogen-bond acceptors (Lipinski definition) is 2. The van der Waals surface area contributed by atoms with E-state index in [4.69, 9.17) is 4.98 Å². The van der Waals surface area contributed by atoms with Gasteiger partial charge in [0.2, 0.25) is 0 Å². The molecule has 4 heterocycles. The van der Waals surface area contributed by atoms with Crippen LogP contribution < -0.4 is 0 Å². The minimum Gasteiger partial charge on any atom is -0.309 e. The highest BCUT2D eigenvalue weighted by Gasteiger charge is 2.21. The van der Waals surface area contributed by atoms with Gasteiger partial charge in [0.05, 0.1) is 43.5 Å². The lowest BCUT2D eigenvalue weighted by Crippen LogP contribution is -1.97. The predicted molar refractivity (Wildman–Crippen MR) is 244 cm³/mol. The molecule has 0 radical (unpaired) electrons. The first-order valence-corrected chi connectivity index (χ1v) is 20.3. The topological polar surface area (TPSA) is 22.8 Å². The second kappa shape index (κ2) is 11.6. The first kappa shape index (κ1) is 31.0. The molecule has 57 heavy (non-hydrogen) atoms. The molecule has 9 aromatic carbocycles. The smallest absolute Gasteiger partial charge is 0.0917 e. The molecule has 0 atom stereocenters. The van der Waals surface area contributed by atoms with Gasteiger partial charge in [-0.3, -0.25) is 0 Å². The SMILES string of the molecule is c1ccc2c(c1)ccc1cc(-n3c4ccccc4c4cc(-c5ccc6c(c5)c5ccccc5n6-c5c6ccccc6nc6c5sc5ccccc56)ccc43)ccc12. The Hall–Kier alpha value is -7.27. The van der Waals surface area contributed by atoms with Crippen molar-refractivity contribution < 1.29 is 0 Å². The third kappa shape index (κ3) is 4.39. The minimum atomic E-state index is 1.01. The Kier molecular flexibility index (Phi) is 6.32. The van der Waals surface area contributed by atoms with Gasteiger partial charge in [-0.25, -0.2) is 4.98 Å². The Bertz CT molecular complexity index is 3820. The van der Waals surface area contributed by atoms with Crippen molar-refractivity contribution in [3.05, 3.63) is 188 Å². The molecule has 13 rings (SSSR count). The molecular weight excluding hydrogens is 711 g/mol. The van der Waals surface area contributed by atoms with Crippen LogP contribution in [0.5, 0.6) is 0 Å². The average molecular weight is 742 g/mol. The lowest BCUT2D eigenvalue weighted by atomic mass is 10.0. The normalized spacial score (nSPS) is 12.2. The summed E-state index contributed by atoms with van der Waals surface area (Å²) in [5.41, 5.74) is 11.7. The monoisotopic (exact) mass is 741 g/mol. The van der Waals surface area contributed by atoms with Crippen molar-refractivity contribution >= 4 is 108 Å². The average Bonchev–Trinajstić information content (AvgIpc) is 3.92. The fourth-order valence-electron chi connectivity index (χ4n) is 9.50. The van der Waals surface area contributed by atoms with E-state index in [1.54, 1.807) is 0 Å². The van der Waals surface area contributed by atoms with E-state index in [-0.39, 0.29) is 0 Å². The molecule has 0 aliphatic carbocycles. The highest BCUT2D eigenvalue weighted by molar-refractivity contribution is 7.26. The minimum absolute atomic E-state index is 1.01. The predicted octanol–water partition coefficient (Wildman–Crippen LogP) is 14.8. The van der Waals surface area contributed by atoms with E-state index in [2.05, 4.69) is 197 Å². The standard InChI is InChI=1S/C53H31N3S/c1-2-12-37-32(11-1)21-22-35-29-36(25-26-38(35)37)55-46-18-8-4-13-39(46)43-30-33(23-27-48(43)55)34-24-28-49-44(31-34)40-14-5-9-19-47(40)56(49)52-41-15-3-7-17-45(41)54-51-42-16-6-10-20-50(42)57-53(51)52/h1-31H. The number of benzene rings is 9. The van der Waals surface area contributed by atoms with Crippen molar-refractivity contribution in [2.24, 2.45) is 0 Å². The Morgan fingerprint density at radius 2 is 0.930 bits per heavy atom. The fraction of sp³-hybridized carbons (Fsp3) is 0. The summed E-state index contributed by atoms with van der Waals surface area (Å²) in [5.74, 6) is 0. The van der Waals surface area contributed by atoms with Crippen LogP contribution in [0.1, 0.15) is 0 Å². The van der Waals surface area contributed by atoms with Crippen LogP contribution >= 0.6 is 11.3 Å². The Morgan fingerprint density at radius 1 is 0.368 bits per heavy atom. The molecule has 0 aliphatic rings. The van der Waals surface area contributed by atoms with Crippen LogP contribution in [0.15, 0.2) is 188 Å². The first-order valence-electron chi connectivity index (χ1n) is 19.5. The Labute approximate surface area is 330 Å². The van der Waals surface area contributed by atoms with Crippen LogP contribution in [-0.4, -0.2) is 14.1 Å². The van der Waals surface area contributed by atoms with Crippen molar-refractivity contribution in [2.45, 2.75) is 0 Å². The van der Waals surface area contributed by atoms with Crippen molar-refractivity contribution in [3.63, 3.8) is 0 Å². The van der Waals surface area contributed by atoms with Gasteiger partial charge < -0.3 is 9.13 Å². The van der Waals surface area contributed by atoms with Gasteiger partial charge in [0, 0.05) is 42.7 Å². The molecule has 4 heteroatoms. The van der Waals surface area contributed by atoms with E-state index < -0.39 is 0 Å². The molecule has 0 fully saturated rings. The molecular formula is C53H31N3S. The van der Waals surface area contributed by atoms with E-state index in [9.17, 15) is 0 Å². The molecule has 0 spiro atoms. The zero-order chi connectivity index (χ0) is 37.2. The van der Waals surface area contributed by atoms with Gasteiger partial charge in [-0.15, -0.1) is 11.3 Å². The zero-order valence-electron chi connectivity index (χ0n) is 30.6. The second-order valence-corrected chi connectivity index (χ2v) is 16.2. The molecule has 3 nitrogen and oxygen atoms in total. The van der Waals surface area contributed by atoms with E-state index in [1.165, 1.54) is 102 Å². The maximum atomic E-state index is 5.24. The van der Waals surface area contributed by atoms with Crippen molar-refractivity contribution in [1.29, 1.82) is 0 Å². The summed E-state index contributed by atoms with van der Waals surface area (Å²) < 4.78 is 7.38. The highest BCUT2D eigenvalue weighted by atomic mass is 32.1. The number of thiophene rings is 1. The molecule has 0 unspecified atom stereocenters. The van der Waals surface area contributed by atoms with E-state index in [0.717, 1.165) is 16.4 Å². The fourth-order valence-corrected chi connectivity index (χ4v) is 10.7. The van der Waals surface area contributed by atoms with Crippen LogP contribution in [0, 0.1) is 0 Å². The maximum absolute atomic E-state index is 5.24.